The quantitative estimate of drug-likeness (QED) is 0.636. The predicted molar refractivity (Wildman–Crippen MR) is 69.8 cm³/mol. The van der Waals surface area contributed by atoms with E-state index >= 15 is 0 Å². The minimum Gasteiger partial charge on any atom is -0.399 e. The van der Waals surface area contributed by atoms with Gasteiger partial charge in [-0.05, 0) is 24.1 Å². The predicted octanol–water partition coefficient (Wildman–Crippen LogP) is 2.29. The molecule has 0 spiro atoms. The smallest absolute Gasteiger partial charge is 0.0959 e. The number of aromatic nitrogens is 2. The average molecular weight is 233 g/mol. The standard InChI is InChI=1S/C13H19N3O/c1-10(2)8-17-6-5-16-9-15-12-7-11(14)3-4-13(12)16/h3-4,7,9-10H,5-6,8,14H2,1-2H3. The Bertz CT molecular complexity index is 490. The van der Waals surface area contributed by atoms with Gasteiger partial charge in [0.15, 0.2) is 0 Å². The molecular formula is C13H19N3O. The molecule has 0 atom stereocenters. The molecule has 4 heteroatoms. The first-order valence-corrected chi connectivity index (χ1v) is 5.95. The van der Waals surface area contributed by atoms with Gasteiger partial charge in [-0.1, -0.05) is 13.8 Å². The average Bonchev–Trinajstić information content (AvgIpc) is 2.66. The van der Waals surface area contributed by atoms with Crippen LogP contribution in [0.5, 0.6) is 0 Å². The Kier molecular flexibility index (Phi) is 3.64. The van der Waals surface area contributed by atoms with Crippen LogP contribution in [0.1, 0.15) is 13.8 Å². The van der Waals surface area contributed by atoms with Gasteiger partial charge in [0, 0.05) is 18.8 Å². The number of fused-ring (bicyclic) bond motifs is 1. The summed E-state index contributed by atoms with van der Waals surface area (Å²) in [5.41, 5.74) is 8.51. The van der Waals surface area contributed by atoms with Crippen molar-refractivity contribution in [3.05, 3.63) is 24.5 Å². The zero-order valence-corrected chi connectivity index (χ0v) is 10.4. The first-order chi connectivity index (χ1) is 8.16. The second-order valence-electron chi connectivity index (χ2n) is 4.65. The molecule has 0 aliphatic heterocycles. The van der Waals surface area contributed by atoms with E-state index in [4.69, 9.17) is 10.5 Å². The maximum atomic E-state index is 5.71. The highest BCUT2D eigenvalue weighted by Crippen LogP contribution is 2.15. The van der Waals surface area contributed by atoms with Gasteiger partial charge in [-0.2, -0.15) is 0 Å². The van der Waals surface area contributed by atoms with E-state index in [1.165, 1.54) is 0 Å². The Morgan fingerprint density at radius 2 is 2.24 bits per heavy atom. The van der Waals surface area contributed by atoms with Crippen LogP contribution in [0.15, 0.2) is 24.5 Å². The van der Waals surface area contributed by atoms with Crippen LogP contribution in [0.2, 0.25) is 0 Å². The topological polar surface area (TPSA) is 53.1 Å². The fourth-order valence-corrected chi connectivity index (χ4v) is 1.74. The second-order valence-corrected chi connectivity index (χ2v) is 4.65. The summed E-state index contributed by atoms with van der Waals surface area (Å²) in [5.74, 6) is 0.578. The van der Waals surface area contributed by atoms with Gasteiger partial charge < -0.3 is 15.0 Å². The maximum Gasteiger partial charge on any atom is 0.0959 e. The lowest BCUT2D eigenvalue weighted by Crippen LogP contribution is -2.08. The molecule has 1 heterocycles. The summed E-state index contributed by atoms with van der Waals surface area (Å²) in [6, 6.07) is 5.79. The van der Waals surface area contributed by atoms with Crippen molar-refractivity contribution in [1.82, 2.24) is 9.55 Å². The number of nitrogens with two attached hydrogens (primary N) is 1. The normalized spacial score (nSPS) is 11.5. The lowest BCUT2D eigenvalue weighted by molar-refractivity contribution is 0.104. The van der Waals surface area contributed by atoms with Gasteiger partial charge in [0.2, 0.25) is 0 Å². The van der Waals surface area contributed by atoms with Crippen molar-refractivity contribution < 1.29 is 4.74 Å². The van der Waals surface area contributed by atoms with Crippen molar-refractivity contribution in [2.24, 2.45) is 5.92 Å². The number of hydrogen-bond acceptors (Lipinski definition) is 3. The zero-order chi connectivity index (χ0) is 12.3. The van der Waals surface area contributed by atoms with Crippen molar-refractivity contribution in [3.8, 4) is 0 Å². The van der Waals surface area contributed by atoms with Gasteiger partial charge >= 0.3 is 0 Å². The Hall–Kier alpha value is -1.55. The zero-order valence-electron chi connectivity index (χ0n) is 10.4. The van der Waals surface area contributed by atoms with Gasteiger partial charge in [0.1, 0.15) is 0 Å². The third-order valence-electron chi connectivity index (χ3n) is 2.57. The molecule has 1 aromatic heterocycles. The van der Waals surface area contributed by atoms with E-state index in [1.807, 2.05) is 24.5 Å². The number of imidazole rings is 1. The molecule has 0 fully saturated rings. The molecule has 0 saturated carbocycles. The van der Waals surface area contributed by atoms with Gasteiger partial charge in [0.05, 0.1) is 24.0 Å². The molecule has 0 unspecified atom stereocenters. The van der Waals surface area contributed by atoms with Crippen LogP contribution in [0, 0.1) is 5.92 Å². The summed E-state index contributed by atoms with van der Waals surface area (Å²) in [4.78, 5) is 4.32. The summed E-state index contributed by atoms with van der Waals surface area (Å²) in [6.07, 6.45) is 1.84. The molecule has 92 valence electrons. The number of rotatable bonds is 5. The molecule has 2 rings (SSSR count). The van der Waals surface area contributed by atoms with Gasteiger partial charge in [-0.3, -0.25) is 0 Å². The second kappa shape index (κ2) is 5.19. The van der Waals surface area contributed by atoms with Crippen molar-refractivity contribution in [3.63, 3.8) is 0 Å². The largest absolute Gasteiger partial charge is 0.399 e. The van der Waals surface area contributed by atoms with E-state index < -0.39 is 0 Å². The molecule has 1 aromatic carbocycles. The Morgan fingerprint density at radius 3 is 3.00 bits per heavy atom. The van der Waals surface area contributed by atoms with Crippen LogP contribution in [-0.4, -0.2) is 22.8 Å². The van der Waals surface area contributed by atoms with E-state index in [0.29, 0.717) is 12.5 Å². The number of benzene rings is 1. The third kappa shape index (κ3) is 2.97. The van der Waals surface area contributed by atoms with Gasteiger partial charge in [-0.15, -0.1) is 0 Å². The molecule has 2 N–H and O–H groups in total. The van der Waals surface area contributed by atoms with Crippen LogP contribution in [0.25, 0.3) is 11.0 Å². The number of ether oxygens (including phenoxy) is 1. The molecule has 0 amide bonds. The van der Waals surface area contributed by atoms with Crippen LogP contribution in [0.4, 0.5) is 5.69 Å². The van der Waals surface area contributed by atoms with E-state index in [9.17, 15) is 0 Å². The fourth-order valence-electron chi connectivity index (χ4n) is 1.74. The van der Waals surface area contributed by atoms with Crippen LogP contribution >= 0.6 is 0 Å². The molecule has 0 radical (unpaired) electrons. The summed E-state index contributed by atoms with van der Waals surface area (Å²) in [6.45, 7) is 6.64. The fraction of sp³-hybridized carbons (Fsp3) is 0.462. The van der Waals surface area contributed by atoms with E-state index in [2.05, 4.69) is 23.4 Å². The number of nitrogens with zero attached hydrogens (tertiary/aromatic N) is 2. The molecule has 4 nitrogen and oxygen atoms in total. The van der Waals surface area contributed by atoms with Gasteiger partial charge in [0.25, 0.3) is 0 Å². The van der Waals surface area contributed by atoms with Crippen LogP contribution in [0.3, 0.4) is 0 Å². The molecule has 0 aliphatic carbocycles. The van der Waals surface area contributed by atoms with Crippen LogP contribution in [-0.2, 0) is 11.3 Å². The molecule has 0 aliphatic rings. The number of anilines is 1. The van der Waals surface area contributed by atoms with E-state index in [-0.39, 0.29) is 0 Å². The molecule has 0 saturated heterocycles. The molecular weight excluding hydrogens is 214 g/mol. The van der Waals surface area contributed by atoms with Crippen LogP contribution < -0.4 is 5.73 Å². The monoisotopic (exact) mass is 233 g/mol. The SMILES string of the molecule is CC(C)COCCn1cnc2cc(N)ccc21. The minimum atomic E-state index is 0.578. The lowest BCUT2D eigenvalue weighted by atomic mass is 10.2. The highest BCUT2D eigenvalue weighted by atomic mass is 16.5. The van der Waals surface area contributed by atoms with Crippen molar-refractivity contribution in [2.75, 3.05) is 18.9 Å². The summed E-state index contributed by atoms with van der Waals surface area (Å²) < 4.78 is 7.66. The minimum absolute atomic E-state index is 0.578. The van der Waals surface area contributed by atoms with E-state index in [1.54, 1.807) is 0 Å². The molecule has 2 aromatic rings. The Labute approximate surface area is 101 Å². The van der Waals surface area contributed by atoms with Crippen molar-refractivity contribution in [1.29, 1.82) is 0 Å². The summed E-state index contributed by atoms with van der Waals surface area (Å²) in [7, 11) is 0. The van der Waals surface area contributed by atoms with Crippen molar-refractivity contribution >= 4 is 16.7 Å². The first-order valence-electron chi connectivity index (χ1n) is 5.95. The van der Waals surface area contributed by atoms with Crippen molar-refractivity contribution in [2.45, 2.75) is 20.4 Å². The Balaban J connectivity index is 1.99. The third-order valence-corrected chi connectivity index (χ3v) is 2.57. The number of hydrogen-bond donors (Lipinski definition) is 1. The summed E-state index contributed by atoms with van der Waals surface area (Å²) >= 11 is 0. The summed E-state index contributed by atoms with van der Waals surface area (Å²) in [5, 5.41) is 0. The molecule has 0 bridgehead atoms. The maximum absolute atomic E-state index is 5.71. The highest BCUT2D eigenvalue weighted by Gasteiger charge is 2.02. The van der Waals surface area contributed by atoms with Gasteiger partial charge in [-0.25, -0.2) is 4.98 Å². The Morgan fingerprint density at radius 1 is 1.41 bits per heavy atom. The lowest BCUT2D eigenvalue weighted by Gasteiger charge is -2.08. The first kappa shape index (κ1) is 11.9. The number of nitrogen functional groups attached to an aromatic ring is 1. The molecule has 17 heavy (non-hydrogen) atoms. The highest BCUT2D eigenvalue weighted by molar-refractivity contribution is 5.78. The van der Waals surface area contributed by atoms with E-state index in [0.717, 1.165) is 29.9 Å².